The summed E-state index contributed by atoms with van der Waals surface area (Å²) >= 11 is 0. The monoisotopic (exact) mass is 479 g/mol. The number of nitrogens with one attached hydrogen (secondary N) is 4. The van der Waals surface area contributed by atoms with Gasteiger partial charge in [-0.15, -0.1) is 0 Å². The normalized spacial score (nSPS) is 17.9. The van der Waals surface area contributed by atoms with E-state index in [4.69, 9.17) is 0 Å². The smallest absolute Gasteiger partial charge is 0.268 e. The van der Waals surface area contributed by atoms with Crippen LogP contribution < -0.4 is 16.0 Å². The highest BCUT2D eigenvalue weighted by molar-refractivity contribution is 6.06. The van der Waals surface area contributed by atoms with Crippen LogP contribution in [0.25, 0.3) is 0 Å². The third-order valence-corrected chi connectivity index (χ3v) is 7.05. The molecule has 8 heteroatoms. The van der Waals surface area contributed by atoms with Crippen molar-refractivity contribution >= 4 is 23.3 Å². The van der Waals surface area contributed by atoms with Crippen LogP contribution >= 0.6 is 0 Å². The summed E-state index contributed by atoms with van der Waals surface area (Å²) in [6.45, 7) is 10.0. The number of fused-ring (bicyclic) bond motifs is 1. The van der Waals surface area contributed by atoms with Crippen molar-refractivity contribution in [3.05, 3.63) is 46.5 Å². The van der Waals surface area contributed by atoms with Crippen molar-refractivity contribution in [2.24, 2.45) is 11.3 Å². The summed E-state index contributed by atoms with van der Waals surface area (Å²) in [5.74, 6) is 0.0611. The van der Waals surface area contributed by atoms with E-state index in [-0.39, 0.29) is 23.0 Å². The van der Waals surface area contributed by atoms with Crippen LogP contribution in [-0.2, 0) is 17.6 Å². The molecule has 3 heterocycles. The maximum Gasteiger partial charge on any atom is 0.268 e. The zero-order chi connectivity index (χ0) is 25.2. The lowest BCUT2D eigenvalue weighted by atomic mass is 9.75. The Kier molecular flexibility index (Phi) is 7.40. The van der Waals surface area contributed by atoms with Gasteiger partial charge >= 0.3 is 0 Å². The van der Waals surface area contributed by atoms with Crippen molar-refractivity contribution in [2.45, 2.75) is 72.3 Å². The Hall–Kier alpha value is -3.00. The molecule has 1 atom stereocenters. The van der Waals surface area contributed by atoms with E-state index in [1.165, 1.54) is 0 Å². The van der Waals surface area contributed by atoms with Gasteiger partial charge in [-0.1, -0.05) is 33.6 Å². The van der Waals surface area contributed by atoms with Crippen molar-refractivity contribution < 1.29 is 14.4 Å². The zero-order valence-corrected chi connectivity index (χ0v) is 21.2. The molecule has 0 saturated carbocycles. The van der Waals surface area contributed by atoms with Gasteiger partial charge in [0.1, 0.15) is 11.7 Å². The highest BCUT2D eigenvalue weighted by Gasteiger charge is 2.35. The molecule has 0 unspecified atom stereocenters. The summed E-state index contributed by atoms with van der Waals surface area (Å²) in [6, 6.07) is 3.12. The number of carbonyl (C=O) groups is 3. The Bertz CT molecular complexity index is 1100. The van der Waals surface area contributed by atoms with E-state index in [1.807, 2.05) is 19.1 Å². The lowest BCUT2D eigenvalue weighted by Gasteiger charge is -2.28. The van der Waals surface area contributed by atoms with E-state index in [2.05, 4.69) is 39.8 Å². The van der Waals surface area contributed by atoms with Crippen molar-refractivity contribution in [2.75, 3.05) is 18.4 Å². The fraction of sp³-hybridized carbons (Fsp3) is 0.556. The lowest BCUT2D eigenvalue weighted by Crippen LogP contribution is -2.44. The first-order chi connectivity index (χ1) is 16.7. The van der Waals surface area contributed by atoms with Crippen LogP contribution in [0.15, 0.2) is 18.3 Å². The Labute approximate surface area is 207 Å². The van der Waals surface area contributed by atoms with Crippen LogP contribution in [0.2, 0.25) is 0 Å². The number of nitrogens with zero attached hydrogens (tertiary/aromatic N) is 1. The van der Waals surface area contributed by atoms with E-state index in [1.54, 1.807) is 13.1 Å². The first-order valence-corrected chi connectivity index (χ1v) is 12.7. The number of ketones is 1. The quantitative estimate of drug-likeness (QED) is 0.439. The van der Waals surface area contributed by atoms with Gasteiger partial charge in [-0.3, -0.25) is 19.4 Å². The summed E-state index contributed by atoms with van der Waals surface area (Å²) in [7, 11) is 0. The molecule has 2 aromatic heterocycles. The topological polar surface area (TPSA) is 116 Å². The van der Waals surface area contributed by atoms with E-state index >= 15 is 0 Å². The summed E-state index contributed by atoms with van der Waals surface area (Å²) in [5.41, 5.74) is 3.95. The average molecular weight is 480 g/mol. The van der Waals surface area contributed by atoms with Gasteiger partial charge in [-0.2, -0.15) is 0 Å². The number of anilines is 1. The second kappa shape index (κ2) is 10.3. The number of hydrogen-bond donors (Lipinski definition) is 4. The molecule has 0 radical (unpaired) electrons. The van der Waals surface area contributed by atoms with E-state index in [9.17, 15) is 14.4 Å². The molecule has 1 aliphatic carbocycles. The second-order valence-electron chi connectivity index (χ2n) is 10.8. The predicted molar refractivity (Wildman–Crippen MR) is 136 cm³/mol. The molecule has 4 rings (SSSR count). The zero-order valence-electron chi connectivity index (χ0n) is 21.2. The molecule has 1 aliphatic heterocycles. The largest absolute Gasteiger partial charge is 0.354 e. The number of aromatic nitrogens is 2. The molecular formula is C27H37N5O3. The molecule has 2 aromatic rings. The number of unbranched alkanes of at least 4 members (excludes halogenated alkanes) is 1. The van der Waals surface area contributed by atoms with Crippen LogP contribution in [0.3, 0.4) is 0 Å². The van der Waals surface area contributed by atoms with Crippen LogP contribution in [-0.4, -0.2) is 46.7 Å². The Balaban J connectivity index is 1.44. The third-order valence-electron chi connectivity index (χ3n) is 7.05. The summed E-state index contributed by atoms with van der Waals surface area (Å²) in [5, 5.41) is 9.07. The molecular weight excluding hydrogens is 442 g/mol. The number of pyridine rings is 1. The van der Waals surface area contributed by atoms with Gasteiger partial charge in [0.05, 0.1) is 11.9 Å². The molecule has 0 bridgehead atoms. The lowest BCUT2D eigenvalue weighted by molar-refractivity contribution is -0.118. The fourth-order valence-corrected chi connectivity index (χ4v) is 5.00. The second-order valence-corrected chi connectivity index (χ2v) is 10.8. The molecule has 0 aromatic carbocycles. The molecule has 0 spiro atoms. The van der Waals surface area contributed by atoms with E-state index in [0.29, 0.717) is 47.7 Å². The Morgan fingerprint density at radius 1 is 1.23 bits per heavy atom. The number of aromatic amines is 1. The number of amides is 2. The van der Waals surface area contributed by atoms with E-state index < -0.39 is 6.04 Å². The molecule has 35 heavy (non-hydrogen) atoms. The molecule has 188 valence electrons. The summed E-state index contributed by atoms with van der Waals surface area (Å²) < 4.78 is 0. The van der Waals surface area contributed by atoms with Crippen LogP contribution in [0, 0.1) is 18.3 Å². The number of Topliss-reactive ketones (excluding diaryl/α,β-unsaturated/α-hetero) is 1. The van der Waals surface area contributed by atoms with Gasteiger partial charge in [0.2, 0.25) is 5.91 Å². The molecule has 1 saturated heterocycles. The average Bonchev–Trinajstić information content (AvgIpc) is 3.09. The van der Waals surface area contributed by atoms with Gasteiger partial charge in [0.15, 0.2) is 5.78 Å². The van der Waals surface area contributed by atoms with Gasteiger partial charge in [-0.25, -0.2) is 0 Å². The minimum Gasteiger partial charge on any atom is -0.354 e. The fourth-order valence-electron chi connectivity index (χ4n) is 5.00. The summed E-state index contributed by atoms with van der Waals surface area (Å²) in [6.07, 6.45) is 6.01. The number of hydrogen-bond acceptors (Lipinski definition) is 5. The highest BCUT2D eigenvalue weighted by Crippen LogP contribution is 2.36. The van der Waals surface area contributed by atoms with Crippen LogP contribution in [0.1, 0.15) is 84.3 Å². The van der Waals surface area contributed by atoms with Crippen molar-refractivity contribution in [3.8, 4) is 0 Å². The molecule has 1 fully saturated rings. The van der Waals surface area contributed by atoms with Crippen molar-refractivity contribution in [1.29, 1.82) is 0 Å². The van der Waals surface area contributed by atoms with Gasteiger partial charge in [0.25, 0.3) is 5.91 Å². The summed E-state index contributed by atoms with van der Waals surface area (Å²) in [4.78, 5) is 46.7. The van der Waals surface area contributed by atoms with Crippen LogP contribution in [0.5, 0.6) is 0 Å². The van der Waals surface area contributed by atoms with Gasteiger partial charge in [0, 0.05) is 23.4 Å². The molecule has 4 N–H and O–H groups in total. The number of carbonyl (C=O) groups excluding carboxylic acids is 3. The van der Waals surface area contributed by atoms with E-state index in [0.717, 1.165) is 43.7 Å². The van der Waals surface area contributed by atoms with Crippen molar-refractivity contribution in [1.82, 2.24) is 20.6 Å². The Morgan fingerprint density at radius 3 is 2.63 bits per heavy atom. The third kappa shape index (κ3) is 5.81. The number of H-pyrrole nitrogens is 1. The standard InChI is InChI=1S/C27H37N5O3/c1-5-6-7-20(25(34)30-19-9-8-18(29-15-19)10-17-13-28-14-17)32-26(35)24-16(2)23-21(31-24)11-27(3,4)12-22(23)33/h8-9,15,17,20,28,31H,5-7,10-14H2,1-4H3,(H,30,34)(H,32,35)/t20-/m1/s1. The molecule has 2 amide bonds. The molecule has 2 aliphatic rings. The Morgan fingerprint density at radius 2 is 2.00 bits per heavy atom. The first-order valence-electron chi connectivity index (χ1n) is 12.7. The van der Waals surface area contributed by atoms with Gasteiger partial charge < -0.3 is 20.9 Å². The maximum absolute atomic E-state index is 13.2. The minimum atomic E-state index is -0.685. The van der Waals surface area contributed by atoms with Gasteiger partial charge in [-0.05, 0) is 68.3 Å². The minimum absolute atomic E-state index is 0.0637. The SMILES string of the molecule is CCCC[C@@H](NC(=O)c1[nH]c2c(c1C)C(=O)CC(C)(C)C2)C(=O)Nc1ccc(CC2CNC2)nc1. The first kappa shape index (κ1) is 25.1. The van der Waals surface area contributed by atoms with Crippen LogP contribution in [0.4, 0.5) is 5.69 Å². The predicted octanol–water partition coefficient (Wildman–Crippen LogP) is 3.56. The number of rotatable bonds is 9. The molecule has 8 nitrogen and oxygen atoms in total. The maximum atomic E-state index is 13.2. The highest BCUT2D eigenvalue weighted by atomic mass is 16.2. The van der Waals surface area contributed by atoms with Crippen molar-refractivity contribution in [3.63, 3.8) is 0 Å².